The lowest BCUT2D eigenvalue weighted by molar-refractivity contribution is -0.135. The summed E-state index contributed by atoms with van der Waals surface area (Å²) < 4.78 is 5.80. The predicted octanol–water partition coefficient (Wildman–Crippen LogP) is 2.09. The Balaban J connectivity index is 1.13. The van der Waals surface area contributed by atoms with Gasteiger partial charge in [0.1, 0.15) is 11.4 Å². The fourth-order valence-corrected chi connectivity index (χ4v) is 5.78. The quantitative estimate of drug-likeness (QED) is 0.639. The highest BCUT2D eigenvalue weighted by Crippen LogP contribution is 2.35. The van der Waals surface area contributed by atoms with E-state index in [1.165, 1.54) is 0 Å². The van der Waals surface area contributed by atoms with Crippen LogP contribution in [0, 0.1) is 17.8 Å². The van der Waals surface area contributed by atoms with Gasteiger partial charge in [0.05, 0.1) is 23.5 Å². The average molecular weight is 461 g/mol. The van der Waals surface area contributed by atoms with Crippen LogP contribution >= 0.6 is 0 Å². The first kappa shape index (κ1) is 21.1. The number of hydrogen-bond donors (Lipinski definition) is 1. The first-order chi connectivity index (χ1) is 16.6. The van der Waals surface area contributed by atoms with Gasteiger partial charge in [0.2, 0.25) is 5.91 Å². The van der Waals surface area contributed by atoms with Crippen LogP contribution in [0.5, 0.6) is 5.75 Å². The lowest BCUT2D eigenvalue weighted by Crippen LogP contribution is -2.40. The molecule has 1 N–H and O–H groups in total. The van der Waals surface area contributed by atoms with E-state index in [0.29, 0.717) is 62.5 Å². The Kier molecular flexibility index (Phi) is 5.19. The van der Waals surface area contributed by atoms with E-state index >= 15 is 0 Å². The Morgan fingerprint density at radius 1 is 1.06 bits per heavy atom. The number of amides is 2. The SMILES string of the molecule is CCOc1cc(C(=O)N2CC3CN(C(=O)[C@@H]4CCc5n[nH]nc5C4)C[C@H]3C2)nc2ccccc12. The second-order valence-electron chi connectivity index (χ2n) is 9.59. The second-order valence-corrected chi connectivity index (χ2v) is 9.59. The summed E-state index contributed by atoms with van der Waals surface area (Å²) in [6.45, 7) is 5.20. The number of nitrogens with one attached hydrogen (secondary N) is 1. The Bertz CT molecular complexity index is 1240. The van der Waals surface area contributed by atoms with Gasteiger partial charge in [-0.2, -0.15) is 15.4 Å². The summed E-state index contributed by atoms with van der Waals surface area (Å²) in [6.07, 6.45) is 2.29. The number of carbonyl (C=O) groups is 2. The van der Waals surface area contributed by atoms with Crippen LogP contribution in [0.25, 0.3) is 10.9 Å². The number of ether oxygens (including phenoxy) is 1. The molecule has 1 aliphatic carbocycles. The van der Waals surface area contributed by atoms with Crippen LogP contribution in [0.1, 0.15) is 35.2 Å². The Hall–Kier alpha value is -3.49. The summed E-state index contributed by atoms with van der Waals surface area (Å²) in [7, 11) is 0. The summed E-state index contributed by atoms with van der Waals surface area (Å²) >= 11 is 0. The molecule has 2 aliphatic heterocycles. The molecule has 4 heterocycles. The van der Waals surface area contributed by atoms with E-state index in [9.17, 15) is 9.59 Å². The summed E-state index contributed by atoms with van der Waals surface area (Å²) in [5.74, 6) is 1.45. The van der Waals surface area contributed by atoms with Crippen molar-refractivity contribution in [3.8, 4) is 5.75 Å². The highest BCUT2D eigenvalue weighted by Gasteiger charge is 2.44. The number of benzene rings is 1. The number of likely N-dealkylation sites (tertiary alicyclic amines) is 2. The Morgan fingerprint density at radius 3 is 2.59 bits per heavy atom. The maximum atomic E-state index is 13.3. The van der Waals surface area contributed by atoms with Gasteiger partial charge in [0.15, 0.2) is 0 Å². The van der Waals surface area contributed by atoms with Crippen molar-refractivity contribution < 1.29 is 14.3 Å². The summed E-state index contributed by atoms with van der Waals surface area (Å²) in [5, 5.41) is 12.0. The highest BCUT2D eigenvalue weighted by molar-refractivity contribution is 5.97. The molecule has 9 nitrogen and oxygen atoms in total. The maximum absolute atomic E-state index is 13.3. The molecule has 1 aromatic carbocycles. The van der Waals surface area contributed by atoms with Crippen molar-refractivity contribution in [3.63, 3.8) is 0 Å². The number of pyridine rings is 1. The molecule has 3 atom stereocenters. The molecular formula is C25H28N6O3. The molecule has 3 aliphatic rings. The third-order valence-corrected chi connectivity index (χ3v) is 7.50. The lowest BCUT2D eigenvalue weighted by Gasteiger charge is -2.27. The molecule has 2 amide bonds. The zero-order chi connectivity index (χ0) is 23.2. The number of para-hydroxylation sites is 1. The average Bonchev–Trinajstić information content (AvgIpc) is 3.57. The van der Waals surface area contributed by atoms with E-state index in [1.54, 1.807) is 6.07 Å². The number of hydrogen-bond acceptors (Lipinski definition) is 6. The molecule has 0 radical (unpaired) electrons. The van der Waals surface area contributed by atoms with Crippen LogP contribution in [-0.2, 0) is 17.6 Å². The normalized spacial score (nSPS) is 23.7. The smallest absolute Gasteiger partial charge is 0.272 e. The van der Waals surface area contributed by atoms with Gasteiger partial charge < -0.3 is 14.5 Å². The molecule has 0 saturated carbocycles. The van der Waals surface area contributed by atoms with E-state index < -0.39 is 0 Å². The molecular weight excluding hydrogens is 432 g/mol. The number of aromatic amines is 1. The first-order valence-electron chi connectivity index (χ1n) is 12.1. The molecule has 0 bridgehead atoms. The van der Waals surface area contributed by atoms with Crippen molar-refractivity contribution in [2.24, 2.45) is 17.8 Å². The number of nitrogens with zero attached hydrogens (tertiary/aromatic N) is 5. The fourth-order valence-electron chi connectivity index (χ4n) is 5.78. The van der Waals surface area contributed by atoms with Crippen LogP contribution in [0.15, 0.2) is 30.3 Å². The predicted molar refractivity (Wildman–Crippen MR) is 124 cm³/mol. The zero-order valence-corrected chi connectivity index (χ0v) is 19.2. The molecule has 2 aromatic heterocycles. The largest absolute Gasteiger partial charge is 0.493 e. The molecule has 0 spiro atoms. The van der Waals surface area contributed by atoms with Crippen LogP contribution in [0.4, 0.5) is 0 Å². The Labute approximate surface area is 197 Å². The van der Waals surface area contributed by atoms with Crippen molar-refractivity contribution in [1.82, 2.24) is 30.2 Å². The maximum Gasteiger partial charge on any atom is 0.272 e. The van der Waals surface area contributed by atoms with Gasteiger partial charge in [-0.05, 0) is 31.9 Å². The van der Waals surface area contributed by atoms with E-state index in [4.69, 9.17) is 4.74 Å². The first-order valence-corrected chi connectivity index (χ1v) is 12.1. The van der Waals surface area contributed by atoms with E-state index in [2.05, 4.69) is 20.4 Å². The topological polar surface area (TPSA) is 104 Å². The zero-order valence-electron chi connectivity index (χ0n) is 19.2. The molecule has 34 heavy (non-hydrogen) atoms. The fraction of sp³-hybridized carbons (Fsp3) is 0.480. The summed E-state index contributed by atoms with van der Waals surface area (Å²) in [6, 6.07) is 9.49. The number of H-pyrrole nitrogens is 1. The van der Waals surface area contributed by atoms with Crippen molar-refractivity contribution in [1.29, 1.82) is 0 Å². The lowest BCUT2D eigenvalue weighted by atomic mass is 9.89. The van der Waals surface area contributed by atoms with Crippen molar-refractivity contribution in [2.75, 3.05) is 32.8 Å². The van der Waals surface area contributed by atoms with Crippen molar-refractivity contribution in [3.05, 3.63) is 47.4 Å². The third kappa shape index (κ3) is 3.59. The van der Waals surface area contributed by atoms with Crippen molar-refractivity contribution >= 4 is 22.7 Å². The number of carbonyl (C=O) groups excluding carboxylic acids is 2. The minimum atomic E-state index is -0.0650. The third-order valence-electron chi connectivity index (χ3n) is 7.50. The van der Waals surface area contributed by atoms with Gasteiger partial charge in [-0.3, -0.25) is 9.59 Å². The molecule has 9 heteroatoms. The molecule has 6 rings (SSSR count). The van der Waals surface area contributed by atoms with Gasteiger partial charge in [-0.25, -0.2) is 4.98 Å². The highest BCUT2D eigenvalue weighted by atomic mass is 16.5. The summed E-state index contributed by atoms with van der Waals surface area (Å²) in [5.41, 5.74) is 3.10. The molecule has 176 valence electrons. The van der Waals surface area contributed by atoms with Gasteiger partial charge in [0, 0.05) is 61.8 Å². The van der Waals surface area contributed by atoms with Crippen molar-refractivity contribution in [2.45, 2.75) is 26.2 Å². The summed E-state index contributed by atoms with van der Waals surface area (Å²) in [4.78, 5) is 35.1. The molecule has 2 saturated heterocycles. The molecule has 2 fully saturated rings. The van der Waals surface area contributed by atoms with Gasteiger partial charge in [-0.15, -0.1) is 0 Å². The standard InChI is InChI=1S/C25H28N6O3/c1-2-34-23-10-22(26-19-6-4-3-5-18(19)23)25(33)31-13-16-11-30(12-17(16)14-31)24(32)15-7-8-20-21(9-15)28-29-27-20/h3-6,10,15-17H,2,7-9,11-14H2,1H3,(H,27,28,29)/t15-,16+,17?/m1/s1. The number of aryl methyl sites for hydroxylation is 1. The van der Waals surface area contributed by atoms with Gasteiger partial charge in [0.25, 0.3) is 5.91 Å². The second kappa shape index (κ2) is 8.38. The van der Waals surface area contributed by atoms with E-state index in [1.807, 2.05) is 41.0 Å². The van der Waals surface area contributed by atoms with Crippen LogP contribution < -0.4 is 4.74 Å². The van der Waals surface area contributed by atoms with Crippen LogP contribution in [-0.4, -0.2) is 74.8 Å². The van der Waals surface area contributed by atoms with Crippen LogP contribution in [0.3, 0.4) is 0 Å². The number of rotatable bonds is 4. The van der Waals surface area contributed by atoms with Gasteiger partial charge >= 0.3 is 0 Å². The Morgan fingerprint density at radius 2 is 1.79 bits per heavy atom. The number of aromatic nitrogens is 4. The van der Waals surface area contributed by atoms with Gasteiger partial charge in [-0.1, -0.05) is 12.1 Å². The molecule has 1 unspecified atom stereocenters. The van der Waals surface area contributed by atoms with E-state index in [0.717, 1.165) is 35.1 Å². The van der Waals surface area contributed by atoms with E-state index in [-0.39, 0.29) is 17.7 Å². The number of fused-ring (bicyclic) bond motifs is 3. The van der Waals surface area contributed by atoms with Crippen LogP contribution in [0.2, 0.25) is 0 Å². The minimum absolute atomic E-state index is 0.0204. The monoisotopic (exact) mass is 460 g/mol. The molecule has 3 aromatic rings. The minimum Gasteiger partial charge on any atom is -0.493 e.